The lowest BCUT2D eigenvalue weighted by atomic mass is 9.95. The molecule has 0 spiro atoms. The number of amides is 1. The van der Waals surface area contributed by atoms with Crippen LogP contribution in [0, 0.1) is 11.6 Å². The number of hydrazone groups is 1. The van der Waals surface area contributed by atoms with E-state index in [0.29, 0.717) is 0 Å². The van der Waals surface area contributed by atoms with Crippen molar-refractivity contribution in [3.63, 3.8) is 0 Å². The zero-order chi connectivity index (χ0) is 18.2. The first-order chi connectivity index (χ1) is 11.8. The van der Waals surface area contributed by atoms with Crippen LogP contribution < -0.4 is 5.43 Å². The summed E-state index contributed by atoms with van der Waals surface area (Å²) >= 11 is 0. The topological polar surface area (TPSA) is 50.7 Å². The Hall–Kier alpha value is -2.97. The monoisotopic (exact) mass is 356 g/mol. The molecule has 1 N–H and O–H groups in total. The number of hydrogen-bond donors (Lipinski definition) is 1. The third-order valence-corrected chi connectivity index (χ3v) is 3.52. The highest BCUT2D eigenvalue weighted by Gasteiger charge is 2.35. The maximum absolute atomic E-state index is 13.9. The highest BCUT2D eigenvalue weighted by atomic mass is 19.4. The number of hydrogen-bond acceptors (Lipinski definition) is 3. The first-order valence-corrected chi connectivity index (χ1v) is 6.92. The van der Waals surface area contributed by atoms with Gasteiger partial charge in [-0.15, -0.1) is 0 Å². The van der Waals surface area contributed by atoms with E-state index >= 15 is 0 Å². The van der Waals surface area contributed by atoms with Crippen molar-refractivity contribution in [2.45, 2.75) is 6.18 Å². The summed E-state index contributed by atoms with van der Waals surface area (Å²) < 4.78 is 72.2. The van der Waals surface area contributed by atoms with Crippen LogP contribution in [-0.4, -0.2) is 18.4 Å². The summed E-state index contributed by atoms with van der Waals surface area (Å²) in [7, 11) is 0. The van der Waals surface area contributed by atoms with E-state index in [-0.39, 0.29) is 17.9 Å². The van der Waals surface area contributed by atoms with Gasteiger partial charge >= 0.3 is 12.3 Å². The average molecular weight is 356 g/mol. The Bertz CT molecular complexity index is 877. The Kier molecular flexibility index (Phi) is 4.15. The molecule has 0 atom stereocenters. The van der Waals surface area contributed by atoms with Crippen LogP contribution in [-0.2, 0) is 10.9 Å². The number of carbonyl (C=O) groups is 1. The van der Waals surface area contributed by atoms with Crippen molar-refractivity contribution in [3.05, 3.63) is 59.2 Å². The zero-order valence-corrected chi connectivity index (χ0v) is 12.3. The van der Waals surface area contributed by atoms with E-state index in [0.717, 1.165) is 30.3 Å². The van der Waals surface area contributed by atoms with Crippen molar-refractivity contribution in [2.75, 3.05) is 6.61 Å². The Morgan fingerprint density at radius 1 is 1.08 bits per heavy atom. The van der Waals surface area contributed by atoms with Crippen molar-refractivity contribution in [1.29, 1.82) is 0 Å². The standard InChI is InChI=1S/C16H9F5N2O2/c17-12-3-1-2-10(14(12)18)9-5-4-8(6-11(9)16(19,20)21)13-7-25-15(24)23-22-13/h1-6H,7H2,(H,23,24). The molecule has 1 amide bonds. The molecule has 130 valence electrons. The van der Waals surface area contributed by atoms with Crippen molar-refractivity contribution in [3.8, 4) is 11.1 Å². The average Bonchev–Trinajstić information content (AvgIpc) is 2.57. The molecule has 4 nitrogen and oxygen atoms in total. The fourth-order valence-corrected chi connectivity index (χ4v) is 2.36. The van der Waals surface area contributed by atoms with Gasteiger partial charge in [0.1, 0.15) is 12.3 Å². The van der Waals surface area contributed by atoms with Gasteiger partial charge in [-0.3, -0.25) is 0 Å². The van der Waals surface area contributed by atoms with Crippen LogP contribution in [0.25, 0.3) is 11.1 Å². The molecule has 2 aromatic rings. The predicted octanol–water partition coefficient (Wildman–Crippen LogP) is 4.09. The first-order valence-electron chi connectivity index (χ1n) is 6.92. The number of ether oxygens (including phenoxy) is 1. The fraction of sp³-hybridized carbons (Fsp3) is 0.125. The molecule has 0 bridgehead atoms. The van der Waals surface area contributed by atoms with Crippen LogP contribution >= 0.6 is 0 Å². The third-order valence-electron chi connectivity index (χ3n) is 3.52. The summed E-state index contributed by atoms with van der Waals surface area (Å²) in [5.41, 5.74) is -0.0800. The first kappa shape index (κ1) is 16.9. The highest BCUT2D eigenvalue weighted by molar-refractivity contribution is 6.04. The SMILES string of the molecule is O=C1NN=C(c2ccc(-c3cccc(F)c3F)c(C(F)(F)F)c2)CO1. The van der Waals surface area contributed by atoms with Crippen LogP contribution in [0.1, 0.15) is 11.1 Å². The van der Waals surface area contributed by atoms with E-state index < -0.39 is 40.6 Å². The number of cyclic esters (lactones) is 1. The Morgan fingerprint density at radius 2 is 1.84 bits per heavy atom. The van der Waals surface area contributed by atoms with Crippen LogP contribution in [0.4, 0.5) is 26.7 Å². The van der Waals surface area contributed by atoms with E-state index in [9.17, 15) is 26.7 Å². The molecule has 2 aromatic carbocycles. The van der Waals surface area contributed by atoms with Gasteiger partial charge in [0.2, 0.25) is 0 Å². The molecule has 1 heterocycles. The fourth-order valence-electron chi connectivity index (χ4n) is 2.36. The molecule has 0 aliphatic carbocycles. The van der Waals surface area contributed by atoms with Gasteiger partial charge in [0.25, 0.3) is 0 Å². The smallest absolute Gasteiger partial charge is 0.428 e. The molecule has 0 saturated carbocycles. The normalized spacial score (nSPS) is 14.6. The number of nitrogens with one attached hydrogen (secondary N) is 1. The largest absolute Gasteiger partial charge is 0.442 e. The molecule has 1 aliphatic rings. The summed E-state index contributed by atoms with van der Waals surface area (Å²) in [5.74, 6) is -2.62. The summed E-state index contributed by atoms with van der Waals surface area (Å²) in [5, 5.41) is 3.63. The van der Waals surface area contributed by atoms with E-state index in [1.807, 2.05) is 5.43 Å². The molecular weight excluding hydrogens is 347 g/mol. The van der Waals surface area contributed by atoms with Crippen molar-refractivity contribution in [2.24, 2.45) is 5.10 Å². The molecule has 0 fully saturated rings. The van der Waals surface area contributed by atoms with Gasteiger partial charge in [0.05, 0.1) is 5.56 Å². The molecule has 25 heavy (non-hydrogen) atoms. The van der Waals surface area contributed by atoms with Gasteiger partial charge in [-0.25, -0.2) is 19.0 Å². The number of halogens is 5. The highest BCUT2D eigenvalue weighted by Crippen LogP contribution is 2.39. The molecule has 0 aromatic heterocycles. The lowest BCUT2D eigenvalue weighted by Gasteiger charge is -2.17. The number of rotatable bonds is 2. The summed E-state index contributed by atoms with van der Waals surface area (Å²) in [6.45, 7) is -0.309. The van der Waals surface area contributed by atoms with Gasteiger partial charge in [-0.2, -0.15) is 18.3 Å². The summed E-state index contributed by atoms with van der Waals surface area (Å²) in [6.07, 6.45) is -5.64. The minimum atomic E-state index is -4.82. The second-order valence-corrected chi connectivity index (χ2v) is 5.11. The molecule has 9 heteroatoms. The van der Waals surface area contributed by atoms with Crippen LogP contribution in [0.2, 0.25) is 0 Å². The van der Waals surface area contributed by atoms with Crippen LogP contribution in [0.15, 0.2) is 41.5 Å². The van der Waals surface area contributed by atoms with E-state index in [1.54, 1.807) is 0 Å². The number of carbonyl (C=O) groups excluding carboxylic acids is 1. The van der Waals surface area contributed by atoms with Crippen LogP contribution in [0.5, 0.6) is 0 Å². The molecular formula is C16H9F5N2O2. The zero-order valence-electron chi connectivity index (χ0n) is 12.3. The minimum Gasteiger partial charge on any atom is -0.442 e. The van der Waals surface area contributed by atoms with Crippen LogP contribution in [0.3, 0.4) is 0 Å². The molecule has 0 radical (unpaired) electrons. The third kappa shape index (κ3) is 3.30. The summed E-state index contributed by atoms with van der Waals surface area (Å²) in [4.78, 5) is 10.9. The van der Waals surface area contributed by atoms with Crippen molar-refractivity contribution >= 4 is 11.8 Å². The van der Waals surface area contributed by atoms with Gasteiger partial charge in [-0.05, 0) is 17.7 Å². The maximum atomic E-state index is 13.9. The maximum Gasteiger partial charge on any atom is 0.428 e. The second kappa shape index (κ2) is 6.15. The lowest BCUT2D eigenvalue weighted by molar-refractivity contribution is -0.137. The van der Waals surface area contributed by atoms with E-state index in [1.165, 1.54) is 6.07 Å². The number of alkyl halides is 3. The van der Waals surface area contributed by atoms with Gasteiger partial charge in [0.15, 0.2) is 11.6 Å². The molecule has 1 aliphatic heterocycles. The summed E-state index contributed by atoms with van der Waals surface area (Å²) in [6, 6.07) is 6.03. The van der Waals surface area contributed by atoms with Gasteiger partial charge < -0.3 is 4.74 Å². The van der Waals surface area contributed by atoms with Gasteiger partial charge in [0, 0.05) is 11.1 Å². The molecule has 0 saturated heterocycles. The molecule has 0 unspecified atom stereocenters. The Labute approximate surface area is 137 Å². The van der Waals surface area contributed by atoms with Crippen molar-refractivity contribution in [1.82, 2.24) is 5.43 Å². The second-order valence-electron chi connectivity index (χ2n) is 5.11. The Balaban J connectivity index is 2.14. The van der Waals surface area contributed by atoms with E-state index in [2.05, 4.69) is 9.84 Å². The quantitative estimate of drug-likeness (QED) is 0.824. The number of benzene rings is 2. The number of nitrogens with zero attached hydrogens (tertiary/aromatic N) is 1. The minimum absolute atomic E-state index is 0.0351. The lowest BCUT2D eigenvalue weighted by Crippen LogP contribution is -2.30. The van der Waals surface area contributed by atoms with Gasteiger partial charge in [-0.1, -0.05) is 24.3 Å². The Morgan fingerprint density at radius 3 is 2.48 bits per heavy atom. The molecule has 3 rings (SSSR count). The predicted molar refractivity (Wildman–Crippen MR) is 77.8 cm³/mol. The van der Waals surface area contributed by atoms with Crippen molar-refractivity contribution < 1.29 is 31.5 Å². The van der Waals surface area contributed by atoms with E-state index in [4.69, 9.17) is 0 Å².